The number of nitrogens with one attached hydrogen (secondary N) is 1. The van der Waals surface area contributed by atoms with Gasteiger partial charge in [0.05, 0.1) is 19.5 Å². The van der Waals surface area contributed by atoms with E-state index in [1.165, 1.54) is 10.9 Å². The second kappa shape index (κ2) is 15.5. The third-order valence-electron chi connectivity index (χ3n) is 7.80. The number of nitrogens with two attached hydrogens (primary N) is 2. The number of aromatic nitrogens is 7. The number of hydrogen-bond acceptors (Lipinski definition) is 17. The number of anilines is 2. The highest BCUT2D eigenvalue weighted by Crippen LogP contribution is 2.49. The summed E-state index contributed by atoms with van der Waals surface area (Å²) in [5, 5.41) is 21.3. The minimum absolute atomic E-state index is 0.0263. The Labute approximate surface area is 272 Å². The molecule has 5 rings (SSSR count). The number of nitrogens with zero attached hydrogens (tertiary/aromatic N) is 6. The molecule has 266 valence electrons. The van der Waals surface area contributed by atoms with Crippen molar-refractivity contribution in [3.8, 4) is 0 Å². The number of hydrogen-bond donors (Lipinski definition) is 6. The molecule has 22 heteroatoms. The normalized spacial score (nSPS) is 28.7. The average Bonchev–Trinajstić information content (AvgIpc) is 3.70. The molecule has 2 saturated heterocycles. The maximum Gasteiger partial charge on any atom is 0.472 e. The van der Waals surface area contributed by atoms with Crippen LogP contribution in [0.2, 0.25) is 0 Å². The molecule has 5 heterocycles. The average molecular weight is 702 g/mol. The highest BCUT2D eigenvalue weighted by atomic mass is 31.2. The van der Waals surface area contributed by atoms with Gasteiger partial charge >= 0.3 is 13.5 Å². The topological polar surface area (TPSA) is 297 Å². The van der Waals surface area contributed by atoms with Crippen molar-refractivity contribution in [2.45, 2.75) is 88.6 Å². The molecule has 3 aromatic heterocycles. The van der Waals surface area contributed by atoms with Crippen LogP contribution in [0.25, 0.3) is 11.2 Å². The first-order valence-corrected chi connectivity index (χ1v) is 16.9. The van der Waals surface area contributed by atoms with Crippen LogP contribution in [0.15, 0.2) is 22.2 Å². The van der Waals surface area contributed by atoms with Crippen LogP contribution in [-0.4, -0.2) is 112 Å². The molecule has 0 spiro atoms. The van der Waals surface area contributed by atoms with Crippen molar-refractivity contribution in [3.63, 3.8) is 0 Å². The molecule has 2 aliphatic rings. The van der Waals surface area contributed by atoms with Crippen LogP contribution in [0.1, 0.15) is 52.0 Å². The number of imidazole rings is 1. The highest BCUT2D eigenvalue weighted by molar-refractivity contribution is 7.47. The number of fused-ring (bicyclic) bond motifs is 1. The zero-order chi connectivity index (χ0) is 34.6. The molecular formula is C26H40N9O12P. The first-order valence-electron chi connectivity index (χ1n) is 15.4. The summed E-state index contributed by atoms with van der Waals surface area (Å²) >= 11 is 0. The molecule has 0 aromatic carbocycles. The van der Waals surface area contributed by atoms with E-state index in [0.29, 0.717) is 12.8 Å². The van der Waals surface area contributed by atoms with E-state index in [0.717, 1.165) is 23.7 Å². The van der Waals surface area contributed by atoms with Crippen LogP contribution in [0.4, 0.5) is 11.9 Å². The largest absolute Gasteiger partial charge is 0.472 e. The number of phosphoric acid groups is 1. The summed E-state index contributed by atoms with van der Waals surface area (Å²) in [5.74, 6) is -0.441. The first-order chi connectivity index (χ1) is 23.0. The molecule has 2 fully saturated rings. The zero-order valence-electron chi connectivity index (χ0n) is 26.2. The number of aliphatic hydroxyl groups excluding tert-OH is 2. The third-order valence-corrected chi connectivity index (χ3v) is 8.78. The van der Waals surface area contributed by atoms with Gasteiger partial charge in [-0.15, -0.1) is 0 Å². The van der Waals surface area contributed by atoms with E-state index in [1.807, 2.05) is 13.8 Å². The van der Waals surface area contributed by atoms with Gasteiger partial charge in [-0.2, -0.15) is 9.97 Å². The van der Waals surface area contributed by atoms with Crippen molar-refractivity contribution in [2.24, 2.45) is 0 Å². The Bertz CT molecular complexity index is 1700. The lowest BCUT2D eigenvalue weighted by Crippen LogP contribution is -2.40. The summed E-state index contributed by atoms with van der Waals surface area (Å²) in [6, 6.07) is 0. The second-order valence-electron chi connectivity index (χ2n) is 11.2. The summed E-state index contributed by atoms with van der Waals surface area (Å²) in [7, 11) is -5.00. The number of aromatic amines is 1. The molecule has 48 heavy (non-hydrogen) atoms. The molecule has 9 atom stereocenters. The monoisotopic (exact) mass is 701 g/mol. The number of H-pyrrole nitrogens is 1. The zero-order valence-corrected chi connectivity index (χ0v) is 27.1. The predicted molar refractivity (Wildman–Crippen MR) is 164 cm³/mol. The Balaban J connectivity index is 1.34. The number of ether oxygens (including phenoxy) is 4. The lowest BCUT2D eigenvalue weighted by molar-refractivity contribution is -0.0765. The van der Waals surface area contributed by atoms with E-state index in [1.54, 1.807) is 0 Å². The Morgan fingerprint density at radius 1 is 0.958 bits per heavy atom. The summed E-state index contributed by atoms with van der Waals surface area (Å²) in [6.45, 7) is 2.97. The summed E-state index contributed by atoms with van der Waals surface area (Å²) < 4.78 is 50.2. The Hall–Kier alpha value is -3.37. The molecule has 0 saturated carbocycles. The fraction of sp³-hybridized carbons (Fsp3) is 0.692. The van der Waals surface area contributed by atoms with Crippen LogP contribution in [-0.2, 0) is 32.6 Å². The molecule has 0 aliphatic carbocycles. The fourth-order valence-corrected chi connectivity index (χ4v) is 6.34. The number of nitrogen functional groups attached to an aromatic ring is 2. The van der Waals surface area contributed by atoms with E-state index in [9.17, 15) is 29.3 Å². The molecule has 3 aromatic rings. The Morgan fingerprint density at radius 3 is 2.27 bits per heavy atom. The number of rotatable bonds is 16. The summed E-state index contributed by atoms with van der Waals surface area (Å²) in [6.07, 6.45) is -4.61. The lowest BCUT2D eigenvalue weighted by atomic mass is 10.1. The van der Waals surface area contributed by atoms with Crippen LogP contribution in [0.5, 0.6) is 0 Å². The molecular weight excluding hydrogens is 661 g/mol. The molecule has 0 amide bonds. The molecule has 21 nitrogen and oxygen atoms in total. The number of aliphatic hydroxyl groups is 2. The third kappa shape index (κ3) is 7.75. The van der Waals surface area contributed by atoms with Gasteiger partial charge in [0.1, 0.15) is 43.0 Å². The van der Waals surface area contributed by atoms with Crippen LogP contribution in [0.3, 0.4) is 0 Å². The van der Waals surface area contributed by atoms with Gasteiger partial charge in [-0.05, 0) is 12.8 Å². The van der Waals surface area contributed by atoms with E-state index in [4.69, 9.17) is 39.5 Å². The molecule has 8 N–H and O–H groups in total. The Kier molecular flexibility index (Phi) is 11.6. The first kappa shape index (κ1) is 35.9. The van der Waals surface area contributed by atoms with Crippen LogP contribution >= 0.6 is 7.82 Å². The standard InChI is InChI=1S/C26H40N9O12P/c1-3-5-7-42-18-16(37)14(46-22(18)34-11-29-15-20(34)31-25(28)32-21(15)38)10-44-48(40,41)47-17-13(9-36)45-23(19(17)43-8-6-4-2)35-12-30-24(27)33-26(35)39/h11-14,16-19,22-23,36-37H,3-10H2,1-2H3,(H,40,41)(H2,27,33,39)(H3,28,31,32,38)/t13-,14-,16?,17?,18+,19+,22-,23-/m1/s1. The molecule has 2 aliphatic heterocycles. The number of phosphoric ester groups is 1. The Morgan fingerprint density at radius 2 is 1.60 bits per heavy atom. The van der Waals surface area contributed by atoms with Crippen molar-refractivity contribution in [1.82, 2.24) is 34.1 Å². The van der Waals surface area contributed by atoms with Gasteiger partial charge in [-0.25, -0.2) is 19.3 Å². The fourth-order valence-electron chi connectivity index (χ4n) is 5.38. The quantitative estimate of drug-likeness (QED) is 0.0767. The highest BCUT2D eigenvalue weighted by Gasteiger charge is 2.52. The van der Waals surface area contributed by atoms with Gasteiger partial charge in [-0.1, -0.05) is 26.7 Å². The number of unbranched alkanes of at least 4 members (excludes halogenated alkanes) is 2. The van der Waals surface area contributed by atoms with E-state index in [2.05, 4.69) is 24.9 Å². The van der Waals surface area contributed by atoms with E-state index in [-0.39, 0.29) is 36.3 Å². The summed E-state index contributed by atoms with van der Waals surface area (Å²) in [4.78, 5) is 53.7. The van der Waals surface area contributed by atoms with Gasteiger partial charge in [-0.3, -0.25) is 28.0 Å². The second-order valence-corrected chi connectivity index (χ2v) is 12.6. The maximum atomic E-state index is 13.3. The van der Waals surface area contributed by atoms with Gasteiger partial charge in [0.2, 0.25) is 11.9 Å². The van der Waals surface area contributed by atoms with Crippen molar-refractivity contribution in [2.75, 3.05) is 37.9 Å². The predicted octanol–water partition coefficient (Wildman–Crippen LogP) is -1.04. The van der Waals surface area contributed by atoms with Gasteiger partial charge < -0.3 is 45.5 Å². The van der Waals surface area contributed by atoms with Crippen molar-refractivity contribution >= 4 is 30.9 Å². The maximum absolute atomic E-state index is 13.3. The molecule has 0 radical (unpaired) electrons. The van der Waals surface area contributed by atoms with Gasteiger partial charge in [0.25, 0.3) is 5.56 Å². The van der Waals surface area contributed by atoms with Crippen LogP contribution in [0, 0.1) is 0 Å². The SMILES string of the molecule is CCCCO[C@H]1C(OP(=O)(O)OC[C@H]2O[C@@H](n3cnc4c(=O)[nH]c(N)nc43)[C@@H](OCCCC)C2O)[C@@H](CO)O[C@H]1n1cnc(N)nc1=O. The molecule has 3 unspecified atom stereocenters. The van der Waals surface area contributed by atoms with Crippen LogP contribution < -0.4 is 22.7 Å². The lowest BCUT2D eigenvalue weighted by Gasteiger charge is -2.26. The van der Waals surface area contributed by atoms with Crippen molar-refractivity contribution in [1.29, 1.82) is 0 Å². The van der Waals surface area contributed by atoms with Crippen molar-refractivity contribution < 1.29 is 47.7 Å². The van der Waals surface area contributed by atoms with E-state index < -0.39 is 81.4 Å². The minimum atomic E-state index is -5.00. The molecule has 0 bridgehead atoms. The van der Waals surface area contributed by atoms with Crippen molar-refractivity contribution in [3.05, 3.63) is 33.5 Å². The van der Waals surface area contributed by atoms with Gasteiger partial charge in [0.15, 0.2) is 23.6 Å². The van der Waals surface area contributed by atoms with Gasteiger partial charge in [0, 0.05) is 13.2 Å². The van der Waals surface area contributed by atoms with E-state index >= 15 is 0 Å². The minimum Gasteiger partial charge on any atom is -0.394 e. The smallest absolute Gasteiger partial charge is 0.394 e. The summed E-state index contributed by atoms with van der Waals surface area (Å²) in [5.41, 5.74) is 9.88.